The maximum Gasteiger partial charge on any atom is 0.432 e. The number of amides is 1. The summed E-state index contributed by atoms with van der Waals surface area (Å²) < 4.78 is 52.2. The number of rotatable bonds is 6. The van der Waals surface area contributed by atoms with Gasteiger partial charge in [-0.3, -0.25) is 10.2 Å². The molecule has 3 aromatic carbocycles. The Morgan fingerprint density at radius 3 is 2.18 bits per heavy atom. The van der Waals surface area contributed by atoms with Crippen molar-refractivity contribution in [3.63, 3.8) is 0 Å². The Bertz CT molecular complexity index is 1220. The molecule has 0 bridgehead atoms. The van der Waals surface area contributed by atoms with Gasteiger partial charge in [-0.2, -0.15) is 13.2 Å². The largest absolute Gasteiger partial charge is 0.432 e. The van der Waals surface area contributed by atoms with E-state index in [2.05, 4.69) is 10.6 Å². The van der Waals surface area contributed by atoms with Gasteiger partial charge in [0.05, 0.1) is 10.7 Å². The van der Waals surface area contributed by atoms with E-state index in [0.29, 0.717) is 28.6 Å². The van der Waals surface area contributed by atoms with Gasteiger partial charge in [0.1, 0.15) is 11.5 Å². The van der Waals surface area contributed by atoms with Crippen LogP contribution in [0.1, 0.15) is 21.5 Å². The van der Waals surface area contributed by atoms with Crippen LogP contribution in [0.4, 0.5) is 28.9 Å². The smallest absolute Gasteiger partial charge is 0.354 e. The summed E-state index contributed by atoms with van der Waals surface area (Å²) in [7, 11) is 0. The molecular weight excluding hydrogens is 458 g/mol. The number of alkyl halides is 3. The molecule has 0 heterocycles. The minimum Gasteiger partial charge on any atom is -0.354 e. The van der Waals surface area contributed by atoms with E-state index in [0.717, 1.165) is 0 Å². The Labute approximate surface area is 192 Å². The molecule has 3 aromatic rings. The van der Waals surface area contributed by atoms with E-state index in [1.54, 1.807) is 31.2 Å². The molecular formula is C24H18ClF4N3O. The third-order valence-electron chi connectivity index (χ3n) is 4.63. The van der Waals surface area contributed by atoms with Gasteiger partial charge in [-0.15, -0.1) is 0 Å². The number of carbonyl (C=O) groups excluding carboxylic acids is 1. The van der Waals surface area contributed by atoms with E-state index in [9.17, 15) is 22.4 Å². The molecule has 33 heavy (non-hydrogen) atoms. The Morgan fingerprint density at radius 1 is 0.939 bits per heavy atom. The Kier molecular flexibility index (Phi) is 7.18. The molecule has 1 amide bonds. The van der Waals surface area contributed by atoms with Gasteiger partial charge in [-0.05, 0) is 66.6 Å². The van der Waals surface area contributed by atoms with Crippen LogP contribution in [0.5, 0.6) is 0 Å². The minimum atomic E-state index is -4.83. The van der Waals surface area contributed by atoms with E-state index >= 15 is 0 Å². The highest BCUT2D eigenvalue weighted by Gasteiger charge is 2.33. The lowest BCUT2D eigenvalue weighted by Crippen LogP contribution is -2.20. The summed E-state index contributed by atoms with van der Waals surface area (Å²) in [6.07, 6.45) is -4.18. The molecule has 4 nitrogen and oxygen atoms in total. The number of hydrogen-bond acceptors (Lipinski definition) is 3. The number of carbonyl (C=O) groups is 1. The first-order valence-corrected chi connectivity index (χ1v) is 9.99. The molecule has 0 aliphatic carbocycles. The van der Waals surface area contributed by atoms with Gasteiger partial charge in [-0.25, -0.2) is 4.39 Å². The predicted octanol–water partition coefficient (Wildman–Crippen LogP) is 7.07. The first-order valence-electron chi connectivity index (χ1n) is 9.61. The number of halogens is 5. The van der Waals surface area contributed by atoms with Crippen LogP contribution in [0.15, 0.2) is 72.8 Å². The van der Waals surface area contributed by atoms with E-state index < -0.39 is 23.6 Å². The molecule has 0 spiro atoms. The van der Waals surface area contributed by atoms with E-state index in [-0.39, 0.29) is 16.3 Å². The molecule has 0 radical (unpaired) electrons. The van der Waals surface area contributed by atoms with Crippen molar-refractivity contribution in [2.75, 3.05) is 10.6 Å². The highest BCUT2D eigenvalue weighted by atomic mass is 35.5. The summed E-state index contributed by atoms with van der Waals surface area (Å²) in [4.78, 5) is 12.5. The van der Waals surface area contributed by atoms with E-state index in [1.807, 2.05) is 0 Å². The van der Waals surface area contributed by atoms with Crippen molar-refractivity contribution in [2.45, 2.75) is 13.1 Å². The number of hydrogen-bond donors (Lipinski definition) is 3. The van der Waals surface area contributed by atoms with Crippen molar-refractivity contribution in [3.05, 3.63) is 100 Å². The van der Waals surface area contributed by atoms with Gasteiger partial charge in [0, 0.05) is 16.9 Å². The Hall–Kier alpha value is -3.65. The summed E-state index contributed by atoms with van der Waals surface area (Å²) in [5, 5.41) is 13.1. The fourth-order valence-corrected chi connectivity index (χ4v) is 3.07. The molecule has 9 heteroatoms. The van der Waals surface area contributed by atoms with Crippen LogP contribution < -0.4 is 10.6 Å². The minimum absolute atomic E-state index is 0.0215. The monoisotopic (exact) mass is 475 g/mol. The summed E-state index contributed by atoms with van der Waals surface area (Å²) in [6, 6.07) is 16.2. The van der Waals surface area contributed by atoms with Gasteiger partial charge in [0.15, 0.2) is 0 Å². The van der Waals surface area contributed by atoms with Crippen LogP contribution in [0.2, 0.25) is 5.02 Å². The zero-order valence-corrected chi connectivity index (χ0v) is 18.0. The average Bonchev–Trinajstić information content (AvgIpc) is 2.76. The molecule has 0 fully saturated rings. The molecule has 0 aliphatic rings. The van der Waals surface area contributed by atoms with Crippen molar-refractivity contribution in [2.24, 2.45) is 0 Å². The lowest BCUT2D eigenvalue weighted by atomic mass is 10.1. The third-order valence-corrected chi connectivity index (χ3v) is 4.96. The van der Waals surface area contributed by atoms with Crippen LogP contribution in [0.25, 0.3) is 5.70 Å². The molecule has 0 saturated carbocycles. The van der Waals surface area contributed by atoms with Crippen molar-refractivity contribution >= 4 is 40.3 Å². The van der Waals surface area contributed by atoms with Crippen LogP contribution in [0, 0.1) is 18.2 Å². The van der Waals surface area contributed by atoms with Gasteiger partial charge < -0.3 is 10.6 Å². The number of allylic oxidation sites excluding steroid dienone is 1. The maximum absolute atomic E-state index is 13.3. The quantitative estimate of drug-likeness (QED) is 0.263. The Balaban J connectivity index is 1.88. The lowest BCUT2D eigenvalue weighted by molar-refractivity contribution is -0.0583. The molecule has 0 saturated heterocycles. The SMILES string of the molecule is Cc1cc(F)ccc1NC(=O)c1ccc(/C(=C/C(=N)C(F)(F)F)Nc2ccccc2Cl)cc1. The number of para-hydroxylation sites is 1. The second-order valence-electron chi connectivity index (χ2n) is 7.07. The number of nitrogens with one attached hydrogen (secondary N) is 3. The fraction of sp³-hybridized carbons (Fsp3) is 0.0833. The average molecular weight is 476 g/mol. The standard InChI is InChI=1S/C24H18ClF4N3O/c1-14-12-17(26)10-11-19(14)32-23(33)16-8-6-15(7-9-16)21(13-22(30)24(27,28)29)31-20-5-3-2-4-18(20)25/h2-13,30-31H,1H3,(H,32,33)/b21-13-,30-22?. The number of benzene rings is 3. The molecule has 0 aromatic heterocycles. The van der Waals surface area contributed by atoms with Gasteiger partial charge in [-0.1, -0.05) is 35.9 Å². The maximum atomic E-state index is 13.3. The number of aryl methyl sites for hydroxylation is 1. The number of anilines is 2. The van der Waals surface area contributed by atoms with Crippen molar-refractivity contribution in [1.29, 1.82) is 5.41 Å². The Morgan fingerprint density at radius 2 is 1.58 bits per heavy atom. The topological polar surface area (TPSA) is 65.0 Å². The first kappa shape index (κ1) is 24.0. The normalized spacial score (nSPS) is 11.8. The summed E-state index contributed by atoms with van der Waals surface area (Å²) in [6.45, 7) is 1.65. The van der Waals surface area contributed by atoms with Crippen molar-refractivity contribution < 1.29 is 22.4 Å². The zero-order chi connectivity index (χ0) is 24.2. The highest BCUT2D eigenvalue weighted by Crippen LogP contribution is 2.28. The highest BCUT2D eigenvalue weighted by molar-refractivity contribution is 6.33. The van der Waals surface area contributed by atoms with E-state index in [1.165, 1.54) is 42.5 Å². The predicted molar refractivity (Wildman–Crippen MR) is 122 cm³/mol. The molecule has 0 atom stereocenters. The summed E-state index contributed by atoms with van der Waals surface area (Å²) in [5.74, 6) is -0.895. The zero-order valence-electron chi connectivity index (χ0n) is 17.2. The van der Waals surface area contributed by atoms with Gasteiger partial charge >= 0.3 is 6.18 Å². The van der Waals surface area contributed by atoms with E-state index in [4.69, 9.17) is 17.0 Å². The second kappa shape index (κ2) is 9.87. The third kappa shape index (κ3) is 6.20. The van der Waals surface area contributed by atoms with Crippen LogP contribution in [-0.2, 0) is 0 Å². The first-order chi connectivity index (χ1) is 15.5. The molecule has 170 valence electrons. The van der Waals surface area contributed by atoms with Crippen LogP contribution in [-0.4, -0.2) is 17.8 Å². The molecule has 3 rings (SSSR count). The van der Waals surface area contributed by atoms with Crippen LogP contribution >= 0.6 is 11.6 Å². The van der Waals surface area contributed by atoms with Crippen LogP contribution in [0.3, 0.4) is 0 Å². The van der Waals surface area contributed by atoms with Gasteiger partial charge in [0.25, 0.3) is 5.91 Å². The molecule has 0 unspecified atom stereocenters. The van der Waals surface area contributed by atoms with Gasteiger partial charge in [0.2, 0.25) is 0 Å². The summed E-state index contributed by atoms with van der Waals surface area (Å²) in [5.41, 5.74) is 0.306. The molecule has 3 N–H and O–H groups in total. The van der Waals surface area contributed by atoms with Crippen molar-refractivity contribution in [3.8, 4) is 0 Å². The molecule has 0 aliphatic heterocycles. The fourth-order valence-electron chi connectivity index (χ4n) is 2.89. The second-order valence-corrected chi connectivity index (χ2v) is 7.47. The summed E-state index contributed by atoms with van der Waals surface area (Å²) >= 11 is 6.11. The lowest BCUT2D eigenvalue weighted by Gasteiger charge is -2.15. The van der Waals surface area contributed by atoms with Crippen molar-refractivity contribution in [1.82, 2.24) is 0 Å².